The third-order valence-corrected chi connectivity index (χ3v) is 7.82. The van der Waals surface area contributed by atoms with Crippen molar-refractivity contribution in [3.63, 3.8) is 0 Å². The number of sulfone groups is 2. The normalized spacial score (nSPS) is 16.9. The molecule has 0 aromatic heterocycles. The maximum absolute atomic E-state index is 12.6. The number of carbonyl (C=O) groups is 1. The number of piperidine rings is 1. The van der Waals surface area contributed by atoms with Gasteiger partial charge < -0.3 is 9.64 Å². The van der Waals surface area contributed by atoms with E-state index in [1.807, 2.05) is 0 Å². The molecule has 0 unspecified atom stereocenters. The van der Waals surface area contributed by atoms with Crippen LogP contribution in [0.1, 0.15) is 39.2 Å². The monoisotopic (exact) mass is 443 g/mol. The molecule has 1 amide bonds. The van der Waals surface area contributed by atoms with Gasteiger partial charge in [0.2, 0.25) is 0 Å². The van der Waals surface area contributed by atoms with Crippen LogP contribution in [0.2, 0.25) is 0 Å². The van der Waals surface area contributed by atoms with E-state index in [-0.39, 0.29) is 10.6 Å². The summed E-state index contributed by atoms with van der Waals surface area (Å²) in [6, 6.07) is 6.27. The van der Waals surface area contributed by atoms with Gasteiger partial charge in [0.05, 0.1) is 15.9 Å². The molecule has 0 aliphatic carbocycles. The van der Waals surface area contributed by atoms with Gasteiger partial charge in [-0.15, -0.1) is 0 Å². The summed E-state index contributed by atoms with van der Waals surface area (Å²) in [7, 11) is -6.59. The van der Waals surface area contributed by atoms with E-state index in [0.29, 0.717) is 25.9 Å². The highest BCUT2D eigenvalue weighted by Gasteiger charge is 2.32. The number of benzene rings is 1. The van der Waals surface area contributed by atoms with E-state index in [4.69, 9.17) is 4.74 Å². The van der Waals surface area contributed by atoms with Crippen LogP contribution in [-0.4, -0.2) is 63.8 Å². The molecule has 0 N–H and O–H groups in total. The molecular weight excluding hydrogens is 414 g/mol. The molecule has 0 bridgehead atoms. The van der Waals surface area contributed by atoms with Crippen molar-refractivity contribution in [3.8, 4) is 0 Å². The van der Waals surface area contributed by atoms with Gasteiger partial charge in [0.15, 0.2) is 19.7 Å². The highest BCUT2D eigenvalue weighted by Crippen LogP contribution is 2.21. The first-order valence-electron chi connectivity index (χ1n) is 9.44. The Morgan fingerprint density at radius 2 is 1.66 bits per heavy atom. The van der Waals surface area contributed by atoms with Crippen molar-refractivity contribution < 1.29 is 26.4 Å². The fraction of sp³-hybridized carbons (Fsp3) is 0.550. The second-order valence-corrected chi connectivity index (χ2v) is 12.6. The molecule has 0 atom stereocenters. The smallest absolute Gasteiger partial charge is 0.410 e. The molecular formula is C20H29NO6S2. The predicted octanol–water partition coefficient (Wildman–Crippen LogP) is 2.92. The zero-order valence-corrected chi connectivity index (χ0v) is 18.9. The predicted molar refractivity (Wildman–Crippen MR) is 113 cm³/mol. The Bertz CT molecular complexity index is 949. The minimum absolute atomic E-state index is 0.0993. The summed E-state index contributed by atoms with van der Waals surface area (Å²) in [6.45, 7) is 6.10. The first-order valence-corrected chi connectivity index (χ1v) is 13.0. The molecule has 1 aromatic carbocycles. The second kappa shape index (κ2) is 8.87. The molecule has 162 valence electrons. The maximum atomic E-state index is 12.6. The lowest BCUT2D eigenvalue weighted by Crippen LogP contribution is -2.44. The van der Waals surface area contributed by atoms with Crippen LogP contribution in [0.3, 0.4) is 0 Å². The SMILES string of the molecule is CC(C)(C)OC(=O)N1CCC(S(=O)(=O)CC=Cc2ccc(S(C)(=O)=O)cc2)CC1. The molecule has 1 saturated heterocycles. The van der Waals surface area contributed by atoms with Crippen LogP contribution in [0.15, 0.2) is 35.2 Å². The number of hydrogen-bond donors (Lipinski definition) is 0. The lowest BCUT2D eigenvalue weighted by atomic mass is 10.1. The molecule has 9 heteroatoms. The number of rotatable bonds is 5. The first kappa shape index (κ1) is 23.4. The standard InChI is InChI=1S/C20H29NO6S2/c1-20(2,3)27-19(22)21-13-11-18(12-14-21)29(25,26)15-5-6-16-7-9-17(10-8-16)28(4,23)24/h5-10,18H,11-15H2,1-4H3. The van der Waals surface area contributed by atoms with Gasteiger partial charge in [0, 0.05) is 19.3 Å². The molecule has 29 heavy (non-hydrogen) atoms. The van der Waals surface area contributed by atoms with Gasteiger partial charge in [-0.05, 0) is 51.3 Å². The summed E-state index contributed by atoms with van der Waals surface area (Å²) >= 11 is 0. The van der Waals surface area contributed by atoms with Crippen LogP contribution in [0, 0.1) is 0 Å². The number of ether oxygens (including phenoxy) is 1. The van der Waals surface area contributed by atoms with E-state index < -0.39 is 36.6 Å². The molecule has 2 rings (SSSR count). The van der Waals surface area contributed by atoms with Crippen LogP contribution < -0.4 is 0 Å². The lowest BCUT2D eigenvalue weighted by Gasteiger charge is -2.33. The third-order valence-electron chi connectivity index (χ3n) is 4.55. The van der Waals surface area contributed by atoms with Gasteiger partial charge in [0.25, 0.3) is 0 Å². The number of nitrogens with zero attached hydrogens (tertiary/aromatic N) is 1. The average Bonchev–Trinajstić information content (AvgIpc) is 2.60. The van der Waals surface area contributed by atoms with E-state index in [9.17, 15) is 21.6 Å². The van der Waals surface area contributed by atoms with Crippen LogP contribution in [0.4, 0.5) is 4.79 Å². The Morgan fingerprint density at radius 3 is 2.14 bits per heavy atom. The van der Waals surface area contributed by atoms with Crippen LogP contribution in [0.5, 0.6) is 0 Å². The van der Waals surface area contributed by atoms with E-state index >= 15 is 0 Å². The van der Waals surface area contributed by atoms with Gasteiger partial charge in [-0.25, -0.2) is 21.6 Å². The van der Waals surface area contributed by atoms with Crippen molar-refractivity contribution in [1.82, 2.24) is 4.90 Å². The van der Waals surface area contributed by atoms with Crippen molar-refractivity contribution in [2.75, 3.05) is 25.1 Å². The summed E-state index contributed by atoms with van der Waals surface area (Å²) in [5.74, 6) is -0.0993. The zero-order valence-electron chi connectivity index (χ0n) is 17.3. The molecule has 0 spiro atoms. The van der Waals surface area contributed by atoms with Crippen molar-refractivity contribution >= 4 is 31.8 Å². The van der Waals surface area contributed by atoms with E-state index in [1.165, 1.54) is 12.1 Å². The Hall–Kier alpha value is -1.87. The molecule has 1 aliphatic rings. The van der Waals surface area contributed by atoms with Gasteiger partial charge in [-0.3, -0.25) is 0 Å². The quantitative estimate of drug-likeness (QED) is 0.694. The Labute approximate surface area is 173 Å². The number of amides is 1. The summed E-state index contributed by atoms with van der Waals surface area (Å²) in [5, 5.41) is -0.488. The molecule has 7 nitrogen and oxygen atoms in total. The highest BCUT2D eigenvalue weighted by molar-refractivity contribution is 7.92. The van der Waals surface area contributed by atoms with Crippen molar-refractivity contribution in [1.29, 1.82) is 0 Å². The van der Waals surface area contributed by atoms with Gasteiger partial charge in [0.1, 0.15) is 5.60 Å². The topological polar surface area (TPSA) is 97.8 Å². The first-order chi connectivity index (χ1) is 13.3. The van der Waals surface area contributed by atoms with E-state index in [2.05, 4.69) is 0 Å². The third kappa shape index (κ3) is 7.15. The summed E-state index contributed by atoms with van der Waals surface area (Å²) in [5.41, 5.74) is 0.150. The van der Waals surface area contributed by atoms with Crippen molar-refractivity contribution in [2.45, 2.75) is 49.4 Å². The highest BCUT2D eigenvalue weighted by atomic mass is 32.2. The summed E-state index contributed by atoms with van der Waals surface area (Å²) < 4.78 is 53.5. The molecule has 1 fully saturated rings. The number of hydrogen-bond acceptors (Lipinski definition) is 6. The van der Waals surface area contributed by atoms with Gasteiger partial charge in [-0.2, -0.15) is 0 Å². The van der Waals surface area contributed by atoms with E-state index in [0.717, 1.165) is 11.8 Å². The van der Waals surface area contributed by atoms with Crippen molar-refractivity contribution in [2.24, 2.45) is 0 Å². The van der Waals surface area contributed by atoms with Crippen LogP contribution in [0.25, 0.3) is 6.08 Å². The Balaban J connectivity index is 1.90. The van der Waals surface area contributed by atoms with Gasteiger partial charge in [-0.1, -0.05) is 24.3 Å². The van der Waals surface area contributed by atoms with E-state index in [1.54, 1.807) is 50.0 Å². The van der Waals surface area contributed by atoms with Crippen LogP contribution >= 0.6 is 0 Å². The number of likely N-dealkylation sites (tertiary alicyclic amines) is 1. The minimum Gasteiger partial charge on any atom is -0.444 e. The lowest BCUT2D eigenvalue weighted by molar-refractivity contribution is 0.0217. The fourth-order valence-electron chi connectivity index (χ4n) is 3.00. The van der Waals surface area contributed by atoms with Gasteiger partial charge >= 0.3 is 6.09 Å². The largest absolute Gasteiger partial charge is 0.444 e. The average molecular weight is 444 g/mol. The molecule has 0 radical (unpaired) electrons. The van der Waals surface area contributed by atoms with Crippen molar-refractivity contribution in [3.05, 3.63) is 35.9 Å². The van der Waals surface area contributed by atoms with Crippen LogP contribution in [-0.2, 0) is 24.4 Å². The molecule has 1 aliphatic heterocycles. The summed E-state index contributed by atoms with van der Waals surface area (Å²) in [4.78, 5) is 13.9. The summed E-state index contributed by atoms with van der Waals surface area (Å²) in [6.07, 6.45) is 4.74. The molecule has 1 aromatic rings. The molecule has 0 saturated carbocycles. The maximum Gasteiger partial charge on any atom is 0.410 e. The Morgan fingerprint density at radius 1 is 1.10 bits per heavy atom. The minimum atomic E-state index is -3.33. The zero-order chi connectivity index (χ0) is 21.9. The Kier molecular flexibility index (Phi) is 7.16. The second-order valence-electron chi connectivity index (χ2n) is 8.24. The number of carbonyl (C=O) groups excluding carboxylic acids is 1. The fourth-order valence-corrected chi connectivity index (χ4v) is 5.20. The molecule has 1 heterocycles.